The summed E-state index contributed by atoms with van der Waals surface area (Å²) in [5.74, 6) is -0.363. The Bertz CT molecular complexity index is 383. The molecule has 0 N–H and O–H groups in total. The highest BCUT2D eigenvalue weighted by Crippen LogP contribution is 2.29. The van der Waals surface area contributed by atoms with E-state index in [1.807, 2.05) is 39.6 Å². The normalized spacial score (nSPS) is 21.2. The molecule has 0 saturated carbocycles. The third-order valence-corrected chi connectivity index (χ3v) is 3.53. The molecule has 1 heterocycles. The van der Waals surface area contributed by atoms with E-state index in [2.05, 4.69) is 5.10 Å². The number of carbonyl (C=O) groups is 1. The van der Waals surface area contributed by atoms with Crippen LogP contribution in [-0.4, -0.2) is 47.6 Å². The fourth-order valence-corrected chi connectivity index (χ4v) is 2.30. The number of ether oxygens (including phenoxy) is 2. The van der Waals surface area contributed by atoms with Crippen LogP contribution in [-0.2, 0) is 14.3 Å². The fourth-order valence-electron chi connectivity index (χ4n) is 2.30. The summed E-state index contributed by atoms with van der Waals surface area (Å²) in [5.41, 5.74) is -0.392. The molecule has 1 rings (SSSR count). The van der Waals surface area contributed by atoms with Crippen LogP contribution >= 0.6 is 0 Å². The number of carbonyl (C=O) groups excluding carboxylic acids is 1. The lowest BCUT2D eigenvalue weighted by atomic mass is 9.97. The first-order valence-electron chi connectivity index (χ1n) is 7.17. The summed E-state index contributed by atoms with van der Waals surface area (Å²) in [7, 11) is 1.71. The summed E-state index contributed by atoms with van der Waals surface area (Å²) in [5, 5.41) is 6.41. The maximum Gasteiger partial charge on any atom is 0.354 e. The van der Waals surface area contributed by atoms with Gasteiger partial charge in [-0.15, -0.1) is 0 Å². The van der Waals surface area contributed by atoms with Crippen LogP contribution in [0.5, 0.6) is 0 Å². The van der Waals surface area contributed by atoms with Gasteiger partial charge in [0, 0.05) is 13.7 Å². The number of methoxy groups -OCH3 is 1. The third kappa shape index (κ3) is 4.47. The Balaban J connectivity index is 2.79. The van der Waals surface area contributed by atoms with E-state index in [0.717, 1.165) is 19.4 Å². The highest BCUT2D eigenvalue weighted by molar-refractivity contribution is 6.35. The van der Waals surface area contributed by atoms with Crippen LogP contribution in [0.4, 0.5) is 0 Å². The predicted octanol–water partition coefficient (Wildman–Crippen LogP) is 2.59. The number of hydrazone groups is 1. The predicted molar refractivity (Wildman–Crippen MR) is 79.8 cm³/mol. The van der Waals surface area contributed by atoms with Crippen LogP contribution in [0.2, 0.25) is 0 Å². The molecule has 0 aromatic heterocycles. The van der Waals surface area contributed by atoms with Crippen LogP contribution in [0.1, 0.15) is 54.4 Å². The number of nitrogens with zero attached hydrogens (tertiary/aromatic N) is 2. The van der Waals surface area contributed by atoms with E-state index in [-0.39, 0.29) is 17.6 Å². The summed E-state index contributed by atoms with van der Waals surface area (Å²) < 4.78 is 10.9. The molecular formula is C15H28N2O3. The summed E-state index contributed by atoms with van der Waals surface area (Å²) >= 11 is 0. The van der Waals surface area contributed by atoms with Crippen molar-refractivity contribution in [3.05, 3.63) is 0 Å². The molecule has 0 aromatic rings. The van der Waals surface area contributed by atoms with Crippen molar-refractivity contribution in [1.29, 1.82) is 0 Å². The molecule has 0 radical (unpaired) electrons. The van der Waals surface area contributed by atoms with E-state index in [4.69, 9.17) is 9.47 Å². The van der Waals surface area contributed by atoms with Crippen molar-refractivity contribution in [2.45, 2.75) is 71.6 Å². The van der Waals surface area contributed by atoms with E-state index >= 15 is 0 Å². The molecule has 116 valence electrons. The Morgan fingerprint density at radius 2 is 1.85 bits per heavy atom. The highest BCUT2D eigenvalue weighted by Gasteiger charge is 2.37. The number of hydrogen-bond donors (Lipinski definition) is 0. The Hall–Kier alpha value is -1.10. The summed E-state index contributed by atoms with van der Waals surface area (Å²) in [4.78, 5) is 12.0. The van der Waals surface area contributed by atoms with Crippen molar-refractivity contribution < 1.29 is 14.3 Å². The number of rotatable bonds is 4. The Morgan fingerprint density at radius 3 is 2.35 bits per heavy atom. The fraction of sp³-hybridized carbons (Fsp3) is 0.867. The average Bonchev–Trinajstić information content (AvgIpc) is 2.75. The maximum absolute atomic E-state index is 12.0. The SMILES string of the molecule is COC(C)(C)[C@@H]1CCCN1/N=C(\C)C(=O)OC(C)(C)C. The minimum absolute atomic E-state index is 0.185. The Morgan fingerprint density at radius 1 is 1.25 bits per heavy atom. The van der Waals surface area contributed by atoms with Crippen LogP contribution in [0.3, 0.4) is 0 Å². The molecule has 1 aliphatic heterocycles. The number of hydrogen-bond acceptors (Lipinski definition) is 5. The minimum atomic E-state index is -0.496. The van der Waals surface area contributed by atoms with Crippen molar-refractivity contribution in [3.8, 4) is 0 Å². The molecule has 1 saturated heterocycles. The zero-order chi connectivity index (χ0) is 15.6. The van der Waals surface area contributed by atoms with Crippen LogP contribution < -0.4 is 0 Å². The molecular weight excluding hydrogens is 256 g/mol. The van der Waals surface area contributed by atoms with Crippen LogP contribution in [0, 0.1) is 0 Å². The Labute approximate surface area is 122 Å². The molecule has 5 heteroatoms. The average molecular weight is 284 g/mol. The molecule has 0 bridgehead atoms. The van der Waals surface area contributed by atoms with Gasteiger partial charge in [0.15, 0.2) is 0 Å². The van der Waals surface area contributed by atoms with Gasteiger partial charge in [-0.1, -0.05) is 0 Å². The Kier molecular flexibility index (Phi) is 5.19. The van der Waals surface area contributed by atoms with Crippen LogP contribution in [0.25, 0.3) is 0 Å². The largest absolute Gasteiger partial charge is 0.455 e. The summed E-state index contributed by atoms with van der Waals surface area (Å²) in [6, 6.07) is 0.185. The summed E-state index contributed by atoms with van der Waals surface area (Å²) in [6.07, 6.45) is 2.08. The molecule has 1 atom stereocenters. The van der Waals surface area contributed by atoms with Gasteiger partial charge in [-0.3, -0.25) is 5.01 Å². The first-order chi connectivity index (χ1) is 9.07. The first kappa shape index (κ1) is 17.0. The smallest absolute Gasteiger partial charge is 0.354 e. The van der Waals surface area contributed by atoms with Gasteiger partial charge in [0.2, 0.25) is 0 Å². The molecule has 0 aliphatic carbocycles. The van der Waals surface area contributed by atoms with Gasteiger partial charge in [-0.2, -0.15) is 5.10 Å². The van der Waals surface area contributed by atoms with E-state index in [1.165, 1.54) is 0 Å². The summed E-state index contributed by atoms with van der Waals surface area (Å²) in [6.45, 7) is 12.2. The van der Waals surface area contributed by atoms with Gasteiger partial charge in [0.25, 0.3) is 0 Å². The van der Waals surface area contributed by atoms with Gasteiger partial charge in [-0.05, 0) is 54.4 Å². The molecule has 0 amide bonds. The standard InChI is InChI=1S/C15H28N2O3/c1-11(13(18)20-14(2,3)4)16-17-10-8-9-12(17)15(5,6)19-7/h12H,8-10H2,1-7H3/b16-11+/t12-/m0/s1. The lowest BCUT2D eigenvalue weighted by Gasteiger charge is -2.35. The zero-order valence-corrected chi connectivity index (χ0v) is 13.8. The molecule has 1 fully saturated rings. The van der Waals surface area contributed by atoms with Crippen molar-refractivity contribution in [2.24, 2.45) is 5.10 Å². The second-order valence-electron chi connectivity index (χ2n) is 6.82. The van der Waals surface area contributed by atoms with Gasteiger partial charge in [0.05, 0.1) is 11.6 Å². The zero-order valence-electron chi connectivity index (χ0n) is 13.8. The quantitative estimate of drug-likeness (QED) is 0.588. The molecule has 0 aromatic carbocycles. The van der Waals surface area contributed by atoms with E-state index in [9.17, 15) is 4.79 Å². The maximum atomic E-state index is 12.0. The molecule has 5 nitrogen and oxygen atoms in total. The van der Waals surface area contributed by atoms with Gasteiger partial charge in [-0.25, -0.2) is 4.79 Å². The lowest BCUT2D eigenvalue weighted by Crippen LogP contribution is -2.45. The van der Waals surface area contributed by atoms with Crippen LogP contribution in [0.15, 0.2) is 5.10 Å². The monoisotopic (exact) mass is 284 g/mol. The molecule has 0 unspecified atom stereocenters. The van der Waals surface area contributed by atoms with Gasteiger partial charge >= 0.3 is 5.97 Å². The van der Waals surface area contributed by atoms with Crippen molar-refractivity contribution >= 4 is 11.7 Å². The van der Waals surface area contributed by atoms with E-state index < -0.39 is 5.60 Å². The van der Waals surface area contributed by atoms with Crippen molar-refractivity contribution in [1.82, 2.24) is 5.01 Å². The minimum Gasteiger partial charge on any atom is -0.455 e. The first-order valence-corrected chi connectivity index (χ1v) is 7.17. The second kappa shape index (κ2) is 6.12. The van der Waals surface area contributed by atoms with E-state index in [1.54, 1.807) is 14.0 Å². The van der Waals surface area contributed by atoms with Crippen molar-refractivity contribution in [2.75, 3.05) is 13.7 Å². The molecule has 1 aliphatic rings. The highest BCUT2D eigenvalue weighted by atomic mass is 16.6. The number of esters is 1. The van der Waals surface area contributed by atoms with Crippen molar-refractivity contribution in [3.63, 3.8) is 0 Å². The van der Waals surface area contributed by atoms with Gasteiger partial charge < -0.3 is 9.47 Å². The third-order valence-electron chi connectivity index (χ3n) is 3.53. The van der Waals surface area contributed by atoms with E-state index in [0.29, 0.717) is 5.71 Å². The molecule has 20 heavy (non-hydrogen) atoms. The second-order valence-corrected chi connectivity index (χ2v) is 6.82. The topological polar surface area (TPSA) is 51.1 Å². The molecule has 0 spiro atoms. The van der Waals surface area contributed by atoms with Gasteiger partial charge in [0.1, 0.15) is 11.3 Å². The lowest BCUT2D eigenvalue weighted by molar-refractivity contribution is -0.146.